The fourth-order valence-electron chi connectivity index (χ4n) is 3.40. The van der Waals surface area contributed by atoms with Gasteiger partial charge in [0.05, 0.1) is 17.7 Å². The first kappa shape index (κ1) is 26.7. The lowest BCUT2D eigenvalue weighted by molar-refractivity contribution is 0.0269. The van der Waals surface area contributed by atoms with E-state index in [2.05, 4.69) is 27.4 Å². The molecule has 0 radical (unpaired) electrons. The maximum absolute atomic E-state index is 12.9. The Balaban J connectivity index is 2.83. The summed E-state index contributed by atoms with van der Waals surface area (Å²) in [6.45, 7) is 10.5. The summed E-state index contributed by atoms with van der Waals surface area (Å²) >= 11 is 0. The lowest BCUT2D eigenvalue weighted by Crippen LogP contribution is -2.21. The SMILES string of the molecule is C=C/C=C\CC(CCCCC)OC(=O)c1ccccc1C(=O)OCC(CC)CCCC. The highest BCUT2D eigenvalue weighted by Crippen LogP contribution is 2.19. The second-order valence-corrected chi connectivity index (χ2v) is 7.98. The van der Waals surface area contributed by atoms with E-state index in [9.17, 15) is 9.59 Å². The number of benzene rings is 1. The summed E-state index contributed by atoms with van der Waals surface area (Å²) in [5.41, 5.74) is 0.536. The monoisotopic (exact) mass is 428 g/mol. The van der Waals surface area contributed by atoms with Gasteiger partial charge in [-0.05, 0) is 37.3 Å². The Hall–Kier alpha value is -2.36. The summed E-state index contributed by atoms with van der Waals surface area (Å²) < 4.78 is 11.4. The van der Waals surface area contributed by atoms with Crippen LogP contribution < -0.4 is 0 Å². The first-order chi connectivity index (χ1) is 15.1. The normalized spacial score (nSPS) is 13.0. The molecule has 2 unspecified atom stereocenters. The van der Waals surface area contributed by atoms with Gasteiger partial charge in [-0.25, -0.2) is 9.59 Å². The summed E-state index contributed by atoms with van der Waals surface area (Å²) in [5, 5.41) is 0. The van der Waals surface area contributed by atoms with Crippen molar-refractivity contribution in [3.8, 4) is 0 Å². The average Bonchev–Trinajstić information content (AvgIpc) is 2.79. The molecule has 0 fully saturated rings. The van der Waals surface area contributed by atoms with E-state index in [4.69, 9.17) is 9.47 Å². The molecular weight excluding hydrogens is 388 g/mol. The van der Waals surface area contributed by atoms with Gasteiger partial charge in [0, 0.05) is 6.42 Å². The Morgan fingerprint density at radius 3 is 2.26 bits per heavy atom. The van der Waals surface area contributed by atoms with Gasteiger partial charge in [-0.15, -0.1) is 0 Å². The molecular formula is C27H40O4. The minimum absolute atomic E-state index is 0.224. The molecule has 4 heteroatoms. The molecule has 0 spiro atoms. The van der Waals surface area contributed by atoms with Gasteiger partial charge in [-0.1, -0.05) is 89.8 Å². The van der Waals surface area contributed by atoms with E-state index in [0.717, 1.165) is 51.4 Å². The zero-order valence-electron chi connectivity index (χ0n) is 19.6. The summed E-state index contributed by atoms with van der Waals surface area (Å²) in [6.07, 6.45) is 14.2. The molecule has 1 aromatic carbocycles. The molecule has 0 N–H and O–H groups in total. The van der Waals surface area contributed by atoms with Crippen LogP contribution >= 0.6 is 0 Å². The van der Waals surface area contributed by atoms with Gasteiger partial charge in [-0.2, -0.15) is 0 Å². The third-order valence-electron chi connectivity index (χ3n) is 5.43. The Morgan fingerprint density at radius 2 is 1.65 bits per heavy atom. The van der Waals surface area contributed by atoms with E-state index < -0.39 is 11.9 Å². The van der Waals surface area contributed by atoms with Crippen LogP contribution in [0.5, 0.6) is 0 Å². The minimum Gasteiger partial charge on any atom is -0.462 e. The van der Waals surface area contributed by atoms with Crippen molar-refractivity contribution in [2.45, 2.75) is 84.7 Å². The molecule has 0 saturated heterocycles. The van der Waals surface area contributed by atoms with Crippen molar-refractivity contribution in [3.63, 3.8) is 0 Å². The number of unbranched alkanes of at least 4 members (excludes halogenated alkanes) is 3. The summed E-state index contributed by atoms with van der Waals surface area (Å²) in [6, 6.07) is 6.76. The lowest BCUT2D eigenvalue weighted by Gasteiger charge is -2.18. The van der Waals surface area contributed by atoms with Crippen LogP contribution in [0, 0.1) is 5.92 Å². The number of ether oxygens (including phenoxy) is 2. The van der Waals surface area contributed by atoms with Gasteiger partial charge in [0.25, 0.3) is 0 Å². The molecule has 4 nitrogen and oxygen atoms in total. The van der Waals surface area contributed by atoms with Gasteiger partial charge in [0.2, 0.25) is 0 Å². The van der Waals surface area contributed by atoms with Crippen molar-refractivity contribution < 1.29 is 19.1 Å². The molecule has 0 aliphatic rings. The van der Waals surface area contributed by atoms with Gasteiger partial charge in [0.15, 0.2) is 0 Å². The van der Waals surface area contributed by atoms with Crippen molar-refractivity contribution in [1.29, 1.82) is 0 Å². The molecule has 0 bridgehead atoms. The zero-order chi connectivity index (χ0) is 22.9. The van der Waals surface area contributed by atoms with Crippen LogP contribution in [0.25, 0.3) is 0 Å². The van der Waals surface area contributed by atoms with Gasteiger partial charge in [-0.3, -0.25) is 0 Å². The number of carbonyl (C=O) groups is 2. The number of hydrogen-bond donors (Lipinski definition) is 0. The van der Waals surface area contributed by atoms with Crippen molar-refractivity contribution in [1.82, 2.24) is 0 Å². The molecule has 0 saturated carbocycles. The van der Waals surface area contributed by atoms with Crippen LogP contribution in [-0.2, 0) is 9.47 Å². The molecule has 0 heterocycles. The third kappa shape index (κ3) is 10.5. The number of esters is 2. The van der Waals surface area contributed by atoms with Crippen LogP contribution in [-0.4, -0.2) is 24.6 Å². The standard InChI is InChI=1S/C27H40O4/c1-5-9-12-17-23(18-13-10-6-2)31-27(29)25-20-15-14-19-24(25)26(28)30-21-22(8-4)16-11-7-3/h5,9,12,14-15,19-20,22-23H,1,6-8,10-11,13,16-18,21H2,2-4H3/b12-9-. The molecule has 31 heavy (non-hydrogen) atoms. The molecule has 172 valence electrons. The summed E-state index contributed by atoms with van der Waals surface area (Å²) in [4.78, 5) is 25.6. The quantitative estimate of drug-likeness (QED) is 0.157. The van der Waals surface area contributed by atoms with Crippen LogP contribution in [0.15, 0.2) is 49.1 Å². The topological polar surface area (TPSA) is 52.6 Å². The minimum atomic E-state index is -0.473. The van der Waals surface area contributed by atoms with Crippen molar-refractivity contribution in [2.75, 3.05) is 6.61 Å². The Labute approximate surface area is 188 Å². The zero-order valence-corrected chi connectivity index (χ0v) is 19.6. The second kappa shape index (κ2) is 16.3. The van der Waals surface area contributed by atoms with Crippen molar-refractivity contribution >= 4 is 11.9 Å². The van der Waals surface area contributed by atoms with Gasteiger partial charge >= 0.3 is 11.9 Å². The number of allylic oxidation sites excluding steroid dienone is 2. The number of hydrogen-bond acceptors (Lipinski definition) is 4. The van der Waals surface area contributed by atoms with Gasteiger partial charge < -0.3 is 9.47 Å². The maximum atomic E-state index is 12.9. The lowest BCUT2D eigenvalue weighted by atomic mass is 10.0. The first-order valence-electron chi connectivity index (χ1n) is 11.8. The second-order valence-electron chi connectivity index (χ2n) is 7.98. The third-order valence-corrected chi connectivity index (χ3v) is 5.43. The van der Waals surface area contributed by atoms with E-state index in [-0.39, 0.29) is 17.2 Å². The van der Waals surface area contributed by atoms with Crippen molar-refractivity contribution in [3.05, 3.63) is 60.2 Å². The van der Waals surface area contributed by atoms with Crippen LogP contribution in [0.4, 0.5) is 0 Å². The average molecular weight is 429 g/mol. The van der Waals surface area contributed by atoms with Gasteiger partial charge in [0.1, 0.15) is 6.10 Å². The van der Waals surface area contributed by atoms with E-state index in [0.29, 0.717) is 18.9 Å². The summed E-state index contributed by atoms with van der Waals surface area (Å²) in [7, 11) is 0. The molecule has 1 aromatic rings. The molecule has 2 atom stereocenters. The van der Waals surface area contributed by atoms with Crippen LogP contribution in [0.2, 0.25) is 0 Å². The first-order valence-corrected chi connectivity index (χ1v) is 11.8. The predicted octanol–water partition coefficient (Wildman–Crippen LogP) is 7.30. The Bertz CT molecular complexity index is 692. The van der Waals surface area contributed by atoms with Crippen molar-refractivity contribution in [2.24, 2.45) is 5.92 Å². The molecule has 0 aliphatic heterocycles. The molecule has 0 amide bonds. The van der Waals surface area contributed by atoms with E-state index in [1.54, 1.807) is 30.3 Å². The van der Waals surface area contributed by atoms with Crippen LogP contribution in [0.3, 0.4) is 0 Å². The predicted molar refractivity (Wildman–Crippen MR) is 127 cm³/mol. The highest BCUT2D eigenvalue weighted by atomic mass is 16.5. The fourth-order valence-corrected chi connectivity index (χ4v) is 3.40. The number of rotatable bonds is 16. The highest BCUT2D eigenvalue weighted by Gasteiger charge is 2.22. The maximum Gasteiger partial charge on any atom is 0.339 e. The summed E-state index contributed by atoms with van der Waals surface area (Å²) in [5.74, 6) is -0.585. The smallest absolute Gasteiger partial charge is 0.339 e. The number of carbonyl (C=O) groups excluding carboxylic acids is 2. The van der Waals surface area contributed by atoms with Crippen LogP contribution in [0.1, 0.15) is 99.3 Å². The largest absolute Gasteiger partial charge is 0.462 e. The van der Waals surface area contributed by atoms with E-state index in [1.807, 2.05) is 12.2 Å². The molecule has 0 aliphatic carbocycles. The highest BCUT2D eigenvalue weighted by molar-refractivity contribution is 6.03. The Morgan fingerprint density at radius 1 is 0.968 bits per heavy atom. The Kier molecular flexibility index (Phi) is 14.1. The van der Waals surface area contributed by atoms with E-state index >= 15 is 0 Å². The fraction of sp³-hybridized carbons (Fsp3) is 0.556. The molecule has 0 aromatic heterocycles. The molecule has 1 rings (SSSR count). The van der Waals surface area contributed by atoms with E-state index in [1.165, 1.54) is 0 Å².